The van der Waals surface area contributed by atoms with Crippen LogP contribution in [-0.2, 0) is 7.05 Å². The van der Waals surface area contributed by atoms with Crippen LogP contribution in [0.15, 0.2) is 41.4 Å². The minimum atomic E-state index is -1.52. The van der Waals surface area contributed by atoms with Crippen LogP contribution in [0.5, 0.6) is 0 Å². The van der Waals surface area contributed by atoms with Crippen LogP contribution in [0, 0.1) is 0 Å². The van der Waals surface area contributed by atoms with E-state index in [0.29, 0.717) is 15.7 Å². The van der Waals surface area contributed by atoms with Crippen molar-refractivity contribution in [2.24, 2.45) is 7.05 Å². The van der Waals surface area contributed by atoms with Gasteiger partial charge in [0, 0.05) is 5.46 Å². The van der Waals surface area contributed by atoms with E-state index in [1.54, 1.807) is 29.1 Å². The summed E-state index contributed by atoms with van der Waals surface area (Å²) in [4.78, 5) is 0. The van der Waals surface area contributed by atoms with Gasteiger partial charge < -0.3 is 19.8 Å². The first kappa shape index (κ1) is 14.1. The number of nitrogens with zero attached hydrogens (tertiary/aromatic N) is 2. The van der Waals surface area contributed by atoms with E-state index in [4.69, 9.17) is 14.8 Å². The van der Waals surface area contributed by atoms with Crippen LogP contribution in [0.2, 0.25) is 0 Å². The van der Waals surface area contributed by atoms with Crippen LogP contribution >= 0.6 is 15.9 Å². The lowest BCUT2D eigenvalue weighted by Crippen LogP contribution is -2.55. The summed E-state index contributed by atoms with van der Waals surface area (Å²) in [6, 6.07) is 6.16. The number of aromatic nitrogens is 2. The van der Waals surface area contributed by atoms with Gasteiger partial charge in [0.15, 0.2) is 6.20 Å². The number of rotatable bonds is 4. The maximum atomic E-state index is 9.94. The Kier molecular flexibility index (Phi) is 4.31. The quantitative estimate of drug-likeness (QED) is 0.431. The van der Waals surface area contributed by atoms with E-state index in [9.17, 15) is 5.02 Å². The molecule has 0 bridgehead atoms. The summed E-state index contributed by atoms with van der Waals surface area (Å²) in [7, 11) is -0.855. The van der Waals surface area contributed by atoms with Crippen LogP contribution in [-0.4, -0.2) is 33.9 Å². The minimum Gasteiger partial charge on any atom is -0.423 e. The Bertz CT molecular complexity index is 561. The Hall–Kier alpha value is -1.28. The lowest BCUT2D eigenvalue weighted by molar-refractivity contribution is -0.871. The molecule has 0 aliphatic rings. The topological polar surface area (TPSA) is 78.7 Å². The Morgan fingerprint density at radius 1 is 1.16 bits per heavy atom. The summed E-state index contributed by atoms with van der Waals surface area (Å²) in [5, 5.41) is 27.9. The van der Waals surface area contributed by atoms with E-state index < -0.39 is 14.2 Å². The number of halogens is 1. The van der Waals surface area contributed by atoms with E-state index in [2.05, 4.69) is 15.9 Å². The molecule has 0 fully saturated rings. The molecule has 98 valence electrons. The molecule has 0 unspecified atom stereocenters. The van der Waals surface area contributed by atoms with Crippen molar-refractivity contribution in [1.82, 2.24) is 4.57 Å². The summed E-state index contributed by atoms with van der Waals surface area (Å²) < 4.78 is 9.14. The highest BCUT2D eigenvalue weighted by Crippen LogP contribution is 2.00. The predicted molar refractivity (Wildman–Crippen MR) is 73.8 cm³/mol. The minimum absolute atomic E-state index is 0.351. The average Bonchev–Trinajstić information content (AvgIpc) is 2.71. The first-order valence-electron chi connectivity index (χ1n) is 5.52. The van der Waals surface area contributed by atoms with Crippen LogP contribution in [0.25, 0.3) is 0 Å². The molecule has 0 saturated heterocycles. The van der Waals surface area contributed by atoms with Crippen LogP contribution in [0.1, 0.15) is 0 Å². The third-order valence-electron chi connectivity index (χ3n) is 2.63. The van der Waals surface area contributed by atoms with E-state index in [-0.39, 0.29) is 0 Å². The van der Waals surface area contributed by atoms with E-state index >= 15 is 0 Å². The highest BCUT2D eigenvalue weighted by Gasteiger charge is 2.25. The lowest BCUT2D eigenvalue weighted by Gasteiger charge is -2.06. The van der Waals surface area contributed by atoms with Crippen molar-refractivity contribution >= 4 is 41.1 Å². The van der Waals surface area contributed by atoms with Gasteiger partial charge in [0.05, 0.1) is 23.0 Å². The van der Waals surface area contributed by atoms with Gasteiger partial charge in [-0.25, -0.2) is 4.57 Å². The van der Waals surface area contributed by atoms with Crippen LogP contribution < -0.4 is 20.4 Å². The van der Waals surface area contributed by atoms with Gasteiger partial charge in [-0.2, -0.15) is 0 Å². The molecule has 9 heteroatoms. The smallest absolute Gasteiger partial charge is 0.423 e. The van der Waals surface area contributed by atoms with Gasteiger partial charge in [0.2, 0.25) is 0 Å². The maximum absolute atomic E-state index is 9.94. The van der Waals surface area contributed by atoms with Gasteiger partial charge in [-0.1, -0.05) is 29.0 Å². The molecule has 0 amide bonds. The van der Waals surface area contributed by atoms with E-state index in [0.717, 1.165) is 0 Å². The second-order valence-corrected chi connectivity index (χ2v) is 4.71. The molecule has 0 radical (unpaired) electrons. The van der Waals surface area contributed by atoms with Crippen LogP contribution in [0.3, 0.4) is 0 Å². The number of benzene rings is 1. The standard InChI is InChI=1S/C10H12B2BrN2O4/c1-14-6-7-15(10(14)13)19-12(18)9-4-2-8(3-5-9)11(16)17/h2-7,16-18H,1H3/q+1. The van der Waals surface area contributed by atoms with Gasteiger partial charge in [0.1, 0.15) is 6.20 Å². The zero-order valence-corrected chi connectivity index (χ0v) is 11.7. The molecule has 0 aliphatic heterocycles. The number of hydrogen-bond acceptors (Lipinski definition) is 4. The molecule has 3 N–H and O–H groups in total. The molecule has 19 heavy (non-hydrogen) atoms. The van der Waals surface area contributed by atoms with Crippen molar-refractivity contribution < 1.29 is 24.6 Å². The molecule has 0 saturated carbocycles. The van der Waals surface area contributed by atoms with Crippen molar-refractivity contribution in [1.29, 1.82) is 0 Å². The lowest BCUT2D eigenvalue weighted by atomic mass is 9.75. The Balaban J connectivity index is 2.11. The largest absolute Gasteiger partial charge is 0.609 e. The van der Waals surface area contributed by atoms with E-state index in [1.807, 2.05) is 7.05 Å². The van der Waals surface area contributed by atoms with E-state index in [1.165, 1.54) is 16.9 Å². The fourth-order valence-corrected chi connectivity index (χ4v) is 1.84. The summed E-state index contributed by atoms with van der Waals surface area (Å²) in [5.41, 5.74) is 0.858. The molecule has 2 rings (SSSR count). The Morgan fingerprint density at radius 2 is 1.74 bits per heavy atom. The molecule has 6 nitrogen and oxygen atoms in total. The van der Waals surface area contributed by atoms with Gasteiger partial charge in [0.25, 0.3) is 0 Å². The zero-order chi connectivity index (χ0) is 14.0. The van der Waals surface area contributed by atoms with Gasteiger partial charge in [-0.15, -0.1) is 0 Å². The molecular formula is C10H12B2BrN2O4+. The molecule has 0 aliphatic carbocycles. The predicted octanol–water partition coefficient (Wildman–Crippen LogP) is -2.43. The molecule has 0 spiro atoms. The summed E-state index contributed by atoms with van der Waals surface area (Å²) >= 11 is 3.31. The average molecular weight is 326 g/mol. The second-order valence-electron chi connectivity index (χ2n) is 4.00. The van der Waals surface area contributed by atoms with Gasteiger partial charge in [-0.3, -0.25) is 0 Å². The summed E-state index contributed by atoms with van der Waals surface area (Å²) in [6.45, 7) is 0. The highest BCUT2D eigenvalue weighted by atomic mass is 79.9. The Morgan fingerprint density at radius 3 is 2.21 bits per heavy atom. The highest BCUT2D eigenvalue weighted by molar-refractivity contribution is 9.10. The maximum Gasteiger partial charge on any atom is 0.609 e. The van der Waals surface area contributed by atoms with Crippen molar-refractivity contribution in [3.05, 3.63) is 41.4 Å². The normalized spacial score (nSPS) is 10.4. The number of hydrogen-bond donors (Lipinski definition) is 3. The van der Waals surface area contributed by atoms with Crippen molar-refractivity contribution in [2.75, 3.05) is 0 Å². The fraction of sp³-hybridized carbons (Fsp3) is 0.100. The van der Waals surface area contributed by atoms with Crippen molar-refractivity contribution in [3.8, 4) is 0 Å². The SMILES string of the molecule is Cn1cc[n+](OB(O)c2ccc(B(O)O)cc2)c1Br. The molecular weight excluding hydrogens is 314 g/mol. The fourth-order valence-electron chi connectivity index (χ4n) is 1.52. The van der Waals surface area contributed by atoms with Crippen molar-refractivity contribution in [3.63, 3.8) is 0 Å². The number of imidazole rings is 1. The molecule has 1 aromatic heterocycles. The monoisotopic (exact) mass is 325 g/mol. The number of aryl methyl sites for hydroxylation is 1. The molecule has 2 aromatic rings. The first-order valence-corrected chi connectivity index (χ1v) is 6.32. The summed E-state index contributed by atoms with van der Waals surface area (Å²) in [5.74, 6) is 0. The third-order valence-corrected chi connectivity index (χ3v) is 3.54. The second kappa shape index (κ2) is 5.79. The van der Waals surface area contributed by atoms with Crippen molar-refractivity contribution in [2.45, 2.75) is 0 Å². The molecule has 1 aromatic carbocycles. The Labute approximate surface area is 119 Å². The molecule has 1 heterocycles. The van der Waals surface area contributed by atoms with Gasteiger partial charge >= 0.3 is 19.0 Å². The van der Waals surface area contributed by atoms with Crippen LogP contribution in [0.4, 0.5) is 0 Å². The third kappa shape index (κ3) is 3.19. The zero-order valence-electron chi connectivity index (χ0n) is 10.1. The summed E-state index contributed by atoms with van der Waals surface area (Å²) in [6.07, 6.45) is 3.42. The first-order chi connectivity index (χ1) is 8.99. The molecule has 0 atom stereocenters. The van der Waals surface area contributed by atoms with Gasteiger partial charge in [-0.05, 0) is 5.46 Å².